The number of hydrogen-bond acceptors (Lipinski definition) is 0. The highest BCUT2D eigenvalue weighted by atomic mass is 127. The topological polar surface area (TPSA) is 0 Å². The minimum atomic E-state index is 0. The number of hydrogen-bond donors (Lipinski definition) is 0. The molecule has 23 heavy (non-hydrogen) atoms. The van der Waals surface area contributed by atoms with E-state index in [1.54, 1.807) is 0 Å². The molecule has 0 saturated heterocycles. The molecule has 0 unspecified atom stereocenters. The monoisotopic (exact) mass is 459 g/mol. The summed E-state index contributed by atoms with van der Waals surface area (Å²) in [5.74, 6) is 0.820. The van der Waals surface area contributed by atoms with Crippen molar-refractivity contribution in [1.29, 1.82) is 0 Å². The first-order valence-electron chi connectivity index (χ1n) is 10.1. The first-order valence-corrected chi connectivity index (χ1v) is 10.6. The van der Waals surface area contributed by atoms with Crippen molar-refractivity contribution in [2.45, 2.75) is 97.3 Å². The molecule has 0 heterocycles. The zero-order valence-electron chi connectivity index (χ0n) is 16.2. The molecule has 0 bridgehead atoms. The van der Waals surface area contributed by atoms with Crippen LogP contribution in [0.5, 0.6) is 0 Å². The Morgan fingerprint density at radius 3 is 1.30 bits per heavy atom. The molecule has 3 heteroatoms. The Morgan fingerprint density at radius 2 is 0.913 bits per heavy atom. The van der Waals surface area contributed by atoms with Gasteiger partial charge in [-0.25, -0.2) is 0 Å². The molecule has 0 amide bonds. The fourth-order valence-corrected chi connectivity index (χ4v) is 3.44. The van der Waals surface area contributed by atoms with Gasteiger partial charge in [0.1, 0.15) is 0 Å². The van der Waals surface area contributed by atoms with Crippen molar-refractivity contribution in [2.24, 2.45) is 0 Å². The number of alkyl halides is 1. The molecular weight excluding hydrogens is 417 g/mol. The first-order chi connectivity index (χ1) is 10.7. The Morgan fingerprint density at radius 1 is 0.565 bits per heavy atom. The summed E-state index contributed by atoms with van der Waals surface area (Å²) in [4.78, 5) is 0. The van der Waals surface area contributed by atoms with E-state index < -0.39 is 0 Å². The third kappa shape index (κ3) is 17.6. The molecule has 0 aliphatic carbocycles. The van der Waals surface area contributed by atoms with E-state index in [4.69, 9.17) is 11.6 Å². The fraction of sp³-hybridized carbons (Fsp3) is 1.00. The van der Waals surface area contributed by atoms with Crippen LogP contribution in [0.3, 0.4) is 0 Å². The Bertz CT molecular complexity index is 208. The summed E-state index contributed by atoms with van der Waals surface area (Å²) in [6.07, 6.45) is 18.1. The molecule has 0 aromatic carbocycles. The van der Waals surface area contributed by atoms with Crippen molar-refractivity contribution in [1.82, 2.24) is 0 Å². The van der Waals surface area contributed by atoms with Crippen LogP contribution in [0.2, 0.25) is 0 Å². The third-order valence-electron chi connectivity index (χ3n) is 4.93. The van der Waals surface area contributed by atoms with Gasteiger partial charge in [0.25, 0.3) is 0 Å². The minimum Gasteiger partial charge on any atom is -1.00 e. The van der Waals surface area contributed by atoms with E-state index in [2.05, 4.69) is 20.9 Å². The van der Waals surface area contributed by atoms with Crippen LogP contribution in [0.4, 0.5) is 0 Å². The van der Waals surface area contributed by atoms with Crippen molar-refractivity contribution in [3.8, 4) is 0 Å². The van der Waals surface area contributed by atoms with Gasteiger partial charge in [0.05, 0.1) is 26.7 Å². The molecule has 0 aliphatic rings. The molecule has 0 spiro atoms. The van der Waals surface area contributed by atoms with Crippen molar-refractivity contribution >= 4 is 11.6 Å². The third-order valence-corrected chi connectivity index (χ3v) is 5.20. The largest absolute Gasteiger partial charge is 1.00 e. The van der Waals surface area contributed by atoms with Crippen LogP contribution in [0.1, 0.15) is 97.3 Å². The zero-order chi connectivity index (χ0) is 16.5. The number of rotatable bonds is 17. The average molecular weight is 460 g/mol. The zero-order valence-corrected chi connectivity index (χ0v) is 19.1. The second kappa shape index (κ2) is 19.3. The highest BCUT2D eigenvalue weighted by molar-refractivity contribution is 6.17. The Labute approximate surface area is 169 Å². The molecule has 0 radical (unpaired) electrons. The van der Waals surface area contributed by atoms with Crippen molar-refractivity contribution in [3.05, 3.63) is 0 Å². The normalized spacial score (nSPS) is 11.5. The smallest absolute Gasteiger partial charge is 0.0796 e. The summed E-state index contributed by atoms with van der Waals surface area (Å²) in [6, 6.07) is 0. The summed E-state index contributed by atoms with van der Waals surface area (Å²) in [5.41, 5.74) is 0. The molecule has 0 aromatic rings. The predicted molar refractivity (Wildman–Crippen MR) is 103 cm³/mol. The number of nitrogens with zero attached hydrogens (tertiary/aromatic N) is 1. The van der Waals surface area contributed by atoms with Gasteiger partial charge in [-0.15, -0.1) is 11.6 Å². The van der Waals surface area contributed by atoms with E-state index in [1.807, 2.05) is 0 Å². The maximum absolute atomic E-state index is 5.93. The molecule has 142 valence electrons. The van der Waals surface area contributed by atoms with Gasteiger partial charge in [-0.1, -0.05) is 65.2 Å². The molecule has 0 N–H and O–H groups in total. The summed E-state index contributed by atoms with van der Waals surface area (Å²) in [5, 5.41) is 0. The Balaban J connectivity index is 0. The lowest BCUT2D eigenvalue weighted by Gasteiger charge is -2.35. The molecule has 0 saturated carbocycles. The van der Waals surface area contributed by atoms with E-state index in [9.17, 15) is 0 Å². The number of halogens is 2. The summed E-state index contributed by atoms with van der Waals surface area (Å²) in [7, 11) is 2.46. The lowest BCUT2D eigenvalue weighted by atomic mass is 10.1. The van der Waals surface area contributed by atoms with E-state index in [0.717, 1.165) is 5.88 Å². The van der Waals surface area contributed by atoms with Crippen molar-refractivity contribution in [3.63, 3.8) is 0 Å². The standard InChI is InChI=1S/C20H43ClN.HI/c1-4-6-8-10-12-14-18-22(3,20-16-17-21)19-15-13-11-9-7-5-2;/h4-20H2,1-3H3;1H/q+1;/p-1. The first kappa shape index (κ1) is 26.2. The quantitative estimate of drug-likeness (QED) is 0.134. The maximum Gasteiger partial charge on any atom is 0.0796 e. The molecule has 0 aliphatic heterocycles. The number of unbranched alkanes of at least 4 members (excludes halogenated alkanes) is 10. The summed E-state index contributed by atoms with van der Waals surface area (Å²) in [6.45, 7) is 8.57. The second-order valence-electron chi connectivity index (χ2n) is 7.37. The van der Waals surface area contributed by atoms with Gasteiger partial charge in [-0.2, -0.15) is 0 Å². The van der Waals surface area contributed by atoms with E-state index >= 15 is 0 Å². The van der Waals surface area contributed by atoms with Gasteiger partial charge in [-0.05, 0) is 25.7 Å². The minimum absolute atomic E-state index is 0. The van der Waals surface area contributed by atoms with Gasteiger partial charge in [0, 0.05) is 12.3 Å². The highest BCUT2D eigenvalue weighted by Crippen LogP contribution is 2.14. The fourth-order valence-electron chi connectivity index (χ4n) is 3.32. The lowest BCUT2D eigenvalue weighted by molar-refractivity contribution is -0.910. The van der Waals surface area contributed by atoms with Crippen LogP contribution < -0.4 is 24.0 Å². The average Bonchev–Trinajstić information content (AvgIpc) is 2.52. The SMILES string of the molecule is CCCCCCCC[N+](C)(CCCCl)CCCCCCCC.[I-]. The maximum atomic E-state index is 5.93. The van der Waals surface area contributed by atoms with E-state index in [1.165, 1.54) is 108 Å². The van der Waals surface area contributed by atoms with Crippen LogP contribution >= 0.6 is 11.6 Å². The predicted octanol–water partition coefficient (Wildman–Crippen LogP) is 3.79. The van der Waals surface area contributed by atoms with Crippen LogP contribution in [0.25, 0.3) is 0 Å². The molecule has 0 aromatic heterocycles. The van der Waals surface area contributed by atoms with E-state index in [0.29, 0.717) is 0 Å². The van der Waals surface area contributed by atoms with Crippen LogP contribution in [0.15, 0.2) is 0 Å². The van der Waals surface area contributed by atoms with Crippen LogP contribution in [0, 0.1) is 0 Å². The Kier molecular flexibility index (Phi) is 22.0. The summed E-state index contributed by atoms with van der Waals surface area (Å²) >= 11 is 5.93. The summed E-state index contributed by atoms with van der Waals surface area (Å²) < 4.78 is 1.26. The van der Waals surface area contributed by atoms with E-state index in [-0.39, 0.29) is 24.0 Å². The van der Waals surface area contributed by atoms with Gasteiger partial charge >= 0.3 is 0 Å². The van der Waals surface area contributed by atoms with Gasteiger partial charge in [0.15, 0.2) is 0 Å². The lowest BCUT2D eigenvalue weighted by Crippen LogP contribution is -3.00. The van der Waals surface area contributed by atoms with Crippen LogP contribution in [-0.4, -0.2) is 37.0 Å². The van der Waals surface area contributed by atoms with Gasteiger partial charge in [-0.3, -0.25) is 0 Å². The van der Waals surface area contributed by atoms with Gasteiger partial charge < -0.3 is 28.5 Å². The van der Waals surface area contributed by atoms with Gasteiger partial charge in [0.2, 0.25) is 0 Å². The molecule has 0 atom stereocenters. The second-order valence-corrected chi connectivity index (χ2v) is 7.75. The van der Waals surface area contributed by atoms with Crippen LogP contribution in [-0.2, 0) is 0 Å². The molecule has 0 rings (SSSR count). The number of quaternary nitrogens is 1. The molecule has 0 fully saturated rings. The van der Waals surface area contributed by atoms with Crippen molar-refractivity contribution < 1.29 is 28.5 Å². The highest BCUT2D eigenvalue weighted by Gasteiger charge is 2.19. The van der Waals surface area contributed by atoms with Crippen molar-refractivity contribution in [2.75, 3.05) is 32.6 Å². The Hall–Kier alpha value is 0.980. The molecular formula is C20H43ClIN. The molecule has 1 nitrogen and oxygen atoms in total.